The van der Waals surface area contributed by atoms with E-state index in [1.807, 2.05) is 20.8 Å². The van der Waals surface area contributed by atoms with Crippen LogP contribution in [0.25, 0.3) is 0 Å². The van der Waals surface area contributed by atoms with Crippen LogP contribution in [-0.4, -0.2) is 44.7 Å². The van der Waals surface area contributed by atoms with Crippen molar-refractivity contribution in [2.45, 2.75) is 44.8 Å². The smallest absolute Gasteiger partial charge is 0.407 e. The Labute approximate surface area is 112 Å². The fourth-order valence-electron chi connectivity index (χ4n) is 1.83. The maximum Gasteiger partial charge on any atom is 0.407 e. The molecule has 1 aliphatic rings. The van der Waals surface area contributed by atoms with Gasteiger partial charge in [-0.15, -0.1) is 0 Å². The van der Waals surface area contributed by atoms with Gasteiger partial charge in [0.15, 0.2) is 0 Å². The molecule has 5 nitrogen and oxygen atoms in total. The summed E-state index contributed by atoms with van der Waals surface area (Å²) in [6.07, 6.45) is 3.47. The second kappa shape index (κ2) is 6.43. The zero-order chi connectivity index (χ0) is 13.8. The van der Waals surface area contributed by atoms with E-state index in [4.69, 9.17) is 5.11 Å². The van der Waals surface area contributed by atoms with Gasteiger partial charge in [0.2, 0.25) is 0 Å². The van der Waals surface area contributed by atoms with Crippen molar-refractivity contribution in [3.63, 3.8) is 0 Å². The minimum Gasteiger partial charge on any atom is -0.591 e. The predicted molar refractivity (Wildman–Crippen MR) is 73.3 cm³/mol. The molecule has 18 heavy (non-hydrogen) atoms. The highest BCUT2D eigenvalue weighted by molar-refractivity contribution is 7.91. The molecule has 1 amide bonds. The Morgan fingerprint density at radius 3 is 2.78 bits per heavy atom. The highest BCUT2D eigenvalue weighted by Gasteiger charge is 2.26. The first-order valence-corrected chi connectivity index (χ1v) is 7.34. The maximum absolute atomic E-state index is 11.6. The van der Waals surface area contributed by atoms with Crippen molar-refractivity contribution in [1.82, 2.24) is 4.90 Å². The van der Waals surface area contributed by atoms with Gasteiger partial charge in [-0.3, -0.25) is 0 Å². The van der Waals surface area contributed by atoms with Gasteiger partial charge in [-0.05, 0) is 46.0 Å². The van der Waals surface area contributed by atoms with Crippen LogP contribution in [0.4, 0.5) is 4.79 Å². The van der Waals surface area contributed by atoms with Crippen LogP contribution in [0.1, 0.15) is 40.0 Å². The van der Waals surface area contributed by atoms with Crippen LogP contribution < -0.4 is 0 Å². The molecule has 0 aromatic heterocycles. The van der Waals surface area contributed by atoms with Crippen LogP contribution in [0.3, 0.4) is 0 Å². The number of likely N-dealkylation sites (tertiary alicyclic amines) is 1. The third-order valence-electron chi connectivity index (χ3n) is 2.95. The van der Waals surface area contributed by atoms with Crippen molar-refractivity contribution in [2.75, 3.05) is 13.1 Å². The average Bonchev–Trinajstić information content (AvgIpc) is 2.71. The molecule has 1 fully saturated rings. The normalized spacial score (nSPS) is 22.7. The highest BCUT2D eigenvalue weighted by atomic mass is 32.2. The number of amides is 1. The third kappa shape index (κ3) is 4.86. The summed E-state index contributed by atoms with van der Waals surface area (Å²) in [5.74, 6) is 0.413. The summed E-state index contributed by atoms with van der Waals surface area (Å²) in [5.41, 5.74) is 0. The number of carbonyl (C=O) groups is 1. The summed E-state index contributed by atoms with van der Waals surface area (Å²) >= 11 is -1.19. The Hall–Kier alpha value is -0.750. The van der Waals surface area contributed by atoms with Crippen molar-refractivity contribution in [2.24, 2.45) is 10.3 Å². The lowest BCUT2D eigenvalue weighted by Crippen LogP contribution is -2.26. The molecule has 104 valence electrons. The molecule has 1 heterocycles. The van der Waals surface area contributed by atoms with E-state index in [1.165, 1.54) is 4.90 Å². The van der Waals surface area contributed by atoms with Crippen LogP contribution >= 0.6 is 0 Å². The van der Waals surface area contributed by atoms with E-state index in [0.717, 1.165) is 19.3 Å². The average molecular weight is 274 g/mol. The van der Waals surface area contributed by atoms with Crippen molar-refractivity contribution in [1.29, 1.82) is 0 Å². The minimum atomic E-state index is -1.19. The second-order valence-corrected chi connectivity index (χ2v) is 7.54. The van der Waals surface area contributed by atoms with Gasteiger partial charge in [-0.2, -0.15) is 0 Å². The van der Waals surface area contributed by atoms with Gasteiger partial charge >= 0.3 is 6.09 Å². The monoisotopic (exact) mass is 274 g/mol. The van der Waals surface area contributed by atoms with Crippen molar-refractivity contribution in [3.8, 4) is 0 Å². The molecule has 1 saturated heterocycles. The van der Waals surface area contributed by atoms with Gasteiger partial charge in [0, 0.05) is 13.1 Å². The van der Waals surface area contributed by atoms with E-state index in [0.29, 0.717) is 19.0 Å². The van der Waals surface area contributed by atoms with Gasteiger partial charge in [0.1, 0.15) is 16.1 Å². The molecule has 1 rings (SSSR count). The molecule has 1 aliphatic heterocycles. The lowest BCUT2D eigenvalue weighted by Gasteiger charge is -2.17. The van der Waals surface area contributed by atoms with Gasteiger partial charge in [-0.1, -0.05) is 4.40 Å². The molecule has 1 N–H and O–H groups in total. The lowest BCUT2D eigenvalue weighted by molar-refractivity contribution is 0.154. The SMILES string of the molecule is CC(C)(C)[S+]([O-])/N=C/CC[C@H]1CCN(C(=O)O)C1. The van der Waals surface area contributed by atoms with Crippen LogP contribution in [0, 0.1) is 5.92 Å². The molecular weight excluding hydrogens is 252 g/mol. The quantitative estimate of drug-likeness (QED) is 0.631. The molecule has 0 spiro atoms. The molecule has 1 unspecified atom stereocenters. The van der Waals surface area contributed by atoms with Crippen molar-refractivity contribution < 1.29 is 14.5 Å². The van der Waals surface area contributed by atoms with Gasteiger partial charge in [0.25, 0.3) is 0 Å². The first kappa shape index (κ1) is 15.3. The molecule has 0 saturated carbocycles. The molecule has 0 radical (unpaired) electrons. The summed E-state index contributed by atoms with van der Waals surface area (Å²) in [7, 11) is 0. The molecule has 0 bridgehead atoms. The summed E-state index contributed by atoms with van der Waals surface area (Å²) < 4.78 is 15.3. The standard InChI is InChI=1S/C12H22N2O3S/c1-12(2,3)18(17)13-7-4-5-10-6-8-14(9-10)11(15)16/h7,10H,4-6,8-9H2,1-3H3,(H,15,16)/b13-7+/t10-,18?/m0/s1. The predicted octanol–water partition coefficient (Wildman–Crippen LogP) is 2.30. The highest BCUT2D eigenvalue weighted by Crippen LogP contribution is 2.21. The summed E-state index contributed by atoms with van der Waals surface area (Å²) in [5, 5.41) is 8.82. The Morgan fingerprint density at radius 2 is 2.28 bits per heavy atom. The van der Waals surface area contributed by atoms with Crippen LogP contribution in [0.5, 0.6) is 0 Å². The number of nitrogens with zero attached hydrogens (tertiary/aromatic N) is 2. The van der Waals surface area contributed by atoms with Crippen molar-refractivity contribution >= 4 is 23.7 Å². The van der Waals surface area contributed by atoms with Gasteiger partial charge in [-0.25, -0.2) is 4.79 Å². The molecule has 2 atom stereocenters. The van der Waals surface area contributed by atoms with Crippen LogP contribution in [0.2, 0.25) is 0 Å². The molecule has 0 aromatic carbocycles. The summed E-state index contributed by atoms with van der Waals surface area (Å²) in [4.78, 5) is 12.2. The largest absolute Gasteiger partial charge is 0.591 e. The molecular formula is C12H22N2O3S. The maximum atomic E-state index is 11.6. The summed E-state index contributed by atoms with van der Waals surface area (Å²) in [6, 6.07) is 0. The van der Waals surface area contributed by atoms with E-state index < -0.39 is 17.5 Å². The van der Waals surface area contributed by atoms with E-state index in [2.05, 4.69) is 4.40 Å². The minimum absolute atomic E-state index is 0.316. The molecule has 6 heteroatoms. The Morgan fingerprint density at radius 1 is 1.61 bits per heavy atom. The van der Waals surface area contributed by atoms with E-state index >= 15 is 0 Å². The first-order chi connectivity index (χ1) is 8.30. The number of carboxylic acid groups (broad SMARTS) is 1. The first-order valence-electron chi connectivity index (χ1n) is 6.23. The molecule has 0 aliphatic carbocycles. The summed E-state index contributed by atoms with van der Waals surface area (Å²) in [6.45, 7) is 6.92. The lowest BCUT2D eigenvalue weighted by atomic mass is 10.0. The number of hydrogen-bond acceptors (Lipinski definition) is 3. The number of rotatable bonds is 4. The Kier molecular flexibility index (Phi) is 5.47. The van der Waals surface area contributed by atoms with Gasteiger partial charge in [0.05, 0.1) is 6.21 Å². The Bertz CT molecular complexity index is 315. The Balaban J connectivity index is 2.23. The second-order valence-electron chi connectivity index (χ2n) is 5.61. The van der Waals surface area contributed by atoms with E-state index in [-0.39, 0.29) is 4.75 Å². The fourth-order valence-corrected chi connectivity index (χ4v) is 2.39. The van der Waals surface area contributed by atoms with Crippen LogP contribution in [0.15, 0.2) is 4.40 Å². The number of hydrogen-bond donors (Lipinski definition) is 1. The van der Waals surface area contributed by atoms with E-state index in [1.54, 1.807) is 6.21 Å². The zero-order valence-electron chi connectivity index (χ0n) is 11.3. The third-order valence-corrected chi connectivity index (χ3v) is 4.34. The zero-order valence-corrected chi connectivity index (χ0v) is 12.1. The van der Waals surface area contributed by atoms with E-state index in [9.17, 15) is 9.35 Å². The fraction of sp³-hybridized carbons (Fsp3) is 0.833. The topological polar surface area (TPSA) is 76.0 Å². The van der Waals surface area contributed by atoms with Gasteiger partial charge < -0.3 is 14.6 Å². The van der Waals surface area contributed by atoms with Crippen LogP contribution in [-0.2, 0) is 11.4 Å². The van der Waals surface area contributed by atoms with Crippen molar-refractivity contribution in [3.05, 3.63) is 0 Å². The molecule has 0 aromatic rings.